The van der Waals surface area contributed by atoms with Gasteiger partial charge in [-0.25, -0.2) is 9.18 Å². The highest BCUT2D eigenvalue weighted by molar-refractivity contribution is 9.10. The zero-order chi connectivity index (χ0) is 14.5. The van der Waals surface area contributed by atoms with Crippen LogP contribution in [0.3, 0.4) is 0 Å². The summed E-state index contributed by atoms with van der Waals surface area (Å²) in [7, 11) is -0.207. The molecule has 0 atom stereocenters. The van der Waals surface area contributed by atoms with E-state index in [1.165, 1.54) is 18.2 Å². The van der Waals surface area contributed by atoms with Crippen LogP contribution in [0.4, 0.5) is 20.6 Å². The lowest BCUT2D eigenvalue weighted by molar-refractivity contribution is 0.262. The van der Waals surface area contributed by atoms with Gasteiger partial charge in [0, 0.05) is 10.2 Å². The third-order valence-corrected chi connectivity index (χ3v) is 3.45. The smallest absolute Gasteiger partial charge is 0.308 e. The van der Waals surface area contributed by atoms with E-state index < -0.39 is 11.8 Å². The molecule has 0 aliphatic rings. The Labute approximate surface area is 124 Å². The van der Waals surface area contributed by atoms with Gasteiger partial charge in [-0.3, -0.25) is 4.57 Å². The minimum absolute atomic E-state index is 0.207. The highest BCUT2D eigenvalue weighted by Gasteiger charge is 2.08. The monoisotopic (exact) mass is 354 g/mol. The summed E-state index contributed by atoms with van der Waals surface area (Å²) in [5.41, 5.74) is 0.750. The molecule has 2 aromatic carbocycles. The molecule has 0 spiro atoms. The van der Waals surface area contributed by atoms with Crippen LogP contribution in [0.15, 0.2) is 46.9 Å². The third kappa shape index (κ3) is 3.85. The fraction of sp³-hybridized carbons (Fsp3) is 0. The number of amides is 2. The number of carbonyl (C=O) groups excluding carboxylic acids is 1. The Morgan fingerprint density at radius 3 is 2.65 bits per heavy atom. The van der Waals surface area contributed by atoms with Gasteiger partial charge < -0.3 is 10.6 Å². The van der Waals surface area contributed by atoms with Crippen molar-refractivity contribution in [1.82, 2.24) is 0 Å². The summed E-state index contributed by atoms with van der Waals surface area (Å²) in [5, 5.41) is 5.49. The van der Waals surface area contributed by atoms with E-state index in [4.69, 9.17) is 0 Å². The highest BCUT2D eigenvalue weighted by atomic mass is 79.9. The summed E-state index contributed by atoms with van der Waals surface area (Å²) in [4.78, 5) is 11.8. The predicted octanol–water partition coefficient (Wildman–Crippen LogP) is 4.15. The normalized spacial score (nSPS) is 10.3. The number of carbonyl (C=O) groups is 1. The van der Waals surface area contributed by atoms with E-state index in [0.717, 1.165) is 4.47 Å². The molecule has 0 aliphatic heterocycles. The van der Waals surface area contributed by atoms with Crippen molar-refractivity contribution >= 4 is 47.1 Å². The standard InChI is InChI=1S/C13H9BrFN2O2P/c14-8-4-5-11(12(6-8)20-19)17-13(18)16-10-3-1-2-9(15)7-10/h1-7H,(H2,16,17,18). The van der Waals surface area contributed by atoms with Gasteiger partial charge >= 0.3 is 6.03 Å². The number of hydrogen-bond donors (Lipinski definition) is 2. The van der Waals surface area contributed by atoms with Crippen LogP contribution in [0, 0.1) is 5.82 Å². The first-order valence-corrected chi connectivity index (χ1v) is 7.15. The lowest BCUT2D eigenvalue weighted by Crippen LogP contribution is -2.22. The first kappa shape index (κ1) is 14.6. The fourth-order valence-corrected chi connectivity index (χ4v) is 2.50. The molecule has 0 aliphatic carbocycles. The van der Waals surface area contributed by atoms with E-state index in [2.05, 4.69) is 26.6 Å². The molecular weight excluding hydrogens is 346 g/mol. The van der Waals surface area contributed by atoms with Gasteiger partial charge in [0.1, 0.15) is 5.82 Å². The van der Waals surface area contributed by atoms with Crippen molar-refractivity contribution in [3.05, 3.63) is 52.8 Å². The number of nitrogens with one attached hydrogen (secondary N) is 2. The minimum Gasteiger partial charge on any atom is -0.308 e. The van der Waals surface area contributed by atoms with Gasteiger partial charge in [0.05, 0.1) is 11.0 Å². The summed E-state index contributed by atoms with van der Waals surface area (Å²) in [6, 6.07) is 9.97. The van der Waals surface area contributed by atoms with Gasteiger partial charge in [0.25, 0.3) is 0 Å². The average Bonchev–Trinajstić information content (AvgIpc) is 2.40. The quantitative estimate of drug-likeness (QED) is 0.813. The summed E-state index contributed by atoms with van der Waals surface area (Å²) >= 11 is 3.25. The predicted molar refractivity (Wildman–Crippen MR) is 80.4 cm³/mol. The van der Waals surface area contributed by atoms with Gasteiger partial charge in [-0.1, -0.05) is 22.0 Å². The van der Waals surface area contributed by atoms with Crippen LogP contribution in [0.25, 0.3) is 0 Å². The zero-order valence-electron chi connectivity index (χ0n) is 10.1. The van der Waals surface area contributed by atoms with Gasteiger partial charge in [-0.2, -0.15) is 0 Å². The second-order valence-corrected chi connectivity index (χ2v) is 5.42. The number of urea groups is 1. The van der Waals surface area contributed by atoms with Gasteiger partial charge in [0.15, 0.2) is 8.46 Å². The molecule has 2 rings (SSSR count). The van der Waals surface area contributed by atoms with E-state index in [0.29, 0.717) is 16.7 Å². The van der Waals surface area contributed by atoms with Gasteiger partial charge in [-0.05, 0) is 36.4 Å². The maximum Gasteiger partial charge on any atom is 0.323 e. The molecule has 0 saturated heterocycles. The second-order valence-electron chi connectivity index (χ2n) is 3.84. The summed E-state index contributed by atoms with van der Waals surface area (Å²) < 4.78 is 24.8. The Morgan fingerprint density at radius 2 is 1.95 bits per heavy atom. The molecule has 2 amide bonds. The molecule has 102 valence electrons. The van der Waals surface area contributed by atoms with Crippen molar-refractivity contribution in [2.45, 2.75) is 0 Å². The Balaban J connectivity index is 2.10. The number of anilines is 2. The van der Waals surface area contributed by atoms with E-state index in [9.17, 15) is 13.8 Å². The fourth-order valence-electron chi connectivity index (χ4n) is 1.54. The maximum atomic E-state index is 13.0. The molecule has 0 radical (unpaired) electrons. The molecule has 4 nitrogen and oxygen atoms in total. The van der Waals surface area contributed by atoms with Crippen molar-refractivity contribution in [2.75, 3.05) is 10.6 Å². The minimum atomic E-state index is -0.539. The molecule has 20 heavy (non-hydrogen) atoms. The van der Waals surface area contributed by atoms with Crippen LogP contribution in [-0.4, -0.2) is 6.03 Å². The molecule has 0 fully saturated rings. The molecular formula is C13H9BrFN2O2P. The number of benzene rings is 2. The molecule has 2 aromatic rings. The summed E-state index contributed by atoms with van der Waals surface area (Å²) in [6.45, 7) is 0. The first-order valence-electron chi connectivity index (χ1n) is 5.55. The third-order valence-electron chi connectivity index (χ3n) is 2.39. The topological polar surface area (TPSA) is 58.2 Å². The molecule has 7 heteroatoms. The van der Waals surface area contributed by atoms with E-state index >= 15 is 0 Å². The number of rotatable bonds is 3. The Kier molecular flexibility index (Phi) is 4.82. The van der Waals surface area contributed by atoms with Crippen molar-refractivity contribution in [3.63, 3.8) is 0 Å². The average molecular weight is 355 g/mol. The lowest BCUT2D eigenvalue weighted by atomic mass is 10.3. The van der Waals surface area contributed by atoms with Crippen LogP contribution in [0.2, 0.25) is 0 Å². The van der Waals surface area contributed by atoms with Crippen molar-refractivity contribution < 1.29 is 13.8 Å². The molecule has 2 N–H and O–H groups in total. The highest BCUT2D eigenvalue weighted by Crippen LogP contribution is 2.17. The Bertz CT molecular complexity index is 667. The zero-order valence-corrected chi connectivity index (χ0v) is 12.5. The van der Waals surface area contributed by atoms with Crippen LogP contribution in [0.1, 0.15) is 0 Å². The lowest BCUT2D eigenvalue weighted by Gasteiger charge is -2.09. The van der Waals surface area contributed by atoms with Gasteiger partial charge in [-0.15, -0.1) is 0 Å². The van der Waals surface area contributed by atoms with Crippen LogP contribution in [-0.2, 0) is 4.57 Å². The van der Waals surface area contributed by atoms with Gasteiger partial charge in [0.2, 0.25) is 0 Å². The summed E-state index contributed by atoms with van der Waals surface area (Å²) in [5.74, 6) is -0.440. The number of halogens is 2. The van der Waals surface area contributed by atoms with Crippen LogP contribution >= 0.6 is 24.4 Å². The van der Waals surface area contributed by atoms with E-state index in [1.807, 2.05) is 0 Å². The van der Waals surface area contributed by atoms with Crippen molar-refractivity contribution in [1.29, 1.82) is 0 Å². The maximum absolute atomic E-state index is 13.0. The summed E-state index contributed by atoms with van der Waals surface area (Å²) in [6.07, 6.45) is 0. The largest absolute Gasteiger partial charge is 0.323 e. The van der Waals surface area contributed by atoms with Crippen LogP contribution < -0.4 is 15.9 Å². The molecule has 0 bridgehead atoms. The van der Waals surface area contributed by atoms with Crippen molar-refractivity contribution in [3.8, 4) is 0 Å². The van der Waals surface area contributed by atoms with E-state index in [1.54, 1.807) is 24.3 Å². The first-order chi connectivity index (χ1) is 9.58. The van der Waals surface area contributed by atoms with E-state index in [-0.39, 0.29) is 8.46 Å². The Morgan fingerprint density at radius 1 is 1.15 bits per heavy atom. The molecule has 0 unspecified atom stereocenters. The number of hydrogen-bond acceptors (Lipinski definition) is 2. The molecule has 0 heterocycles. The van der Waals surface area contributed by atoms with Crippen LogP contribution in [0.5, 0.6) is 0 Å². The SMILES string of the molecule is O=Pc1cc(Br)ccc1NC(=O)Nc1cccc(F)c1. The molecule has 0 aromatic heterocycles. The van der Waals surface area contributed by atoms with Crippen molar-refractivity contribution in [2.24, 2.45) is 0 Å². The second kappa shape index (κ2) is 6.59. The molecule has 0 saturated carbocycles. The Hall–Kier alpha value is -1.78.